The summed E-state index contributed by atoms with van der Waals surface area (Å²) < 4.78 is 7.72. The maximum atomic E-state index is 6.25. The molecule has 20 heavy (non-hydrogen) atoms. The van der Waals surface area contributed by atoms with Crippen LogP contribution in [0.1, 0.15) is 24.4 Å². The summed E-state index contributed by atoms with van der Waals surface area (Å²) in [4.78, 5) is 4.26. The van der Waals surface area contributed by atoms with E-state index in [1.54, 1.807) is 6.20 Å². The van der Waals surface area contributed by atoms with Gasteiger partial charge in [-0.15, -0.1) is 0 Å². The van der Waals surface area contributed by atoms with E-state index in [2.05, 4.69) is 17.2 Å². The molecule has 1 aromatic carbocycles. The zero-order valence-corrected chi connectivity index (χ0v) is 12.8. The van der Waals surface area contributed by atoms with Gasteiger partial charge in [0.1, 0.15) is 11.6 Å². The van der Waals surface area contributed by atoms with Crippen LogP contribution in [0, 0.1) is 0 Å². The van der Waals surface area contributed by atoms with E-state index in [4.69, 9.17) is 16.3 Å². The van der Waals surface area contributed by atoms with Crippen molar-refractivity contribution in [2.24, 2.45) is 7.05 Å². The standard InChI is InChI=1S/C15H20ClN3O/c1-11(17-2)12-4-5-14(13(16)10-12)20-9-6-15-18-7-8-19(15)3/h4-5,7-8,10-11,17H,6,9H2,1-3H3. The molecule has 1 heterocycles. The van der Waals surface area contributed by atoms with Crippen LogP contribution in [0.3, 0.4) is 0 Å². The molecule has 0 aliphatic heterocycles. The molecule has 0 fully saturated rings. The van der Waals surface area contributed by atoms with Gasteiger partial charge in [0.25, 0.3) is 0 Å². The number of benzene rings is 1. The largest absolute Gasteiger partial charge is 0.492 e. The van der Waals surface area contributed by atoms with Crippen molar-refractivity contribution in [3.05, 3.63) is 47.0 Å². The second-order valence-electron chi connectivity index (χ2n) is 4.75. The van der Waals surface area contributed by atoms with E-state index in [1.807, 2.05) is 43.1 Å². The summed E-state index contributed by atoms with van der Waals surface area (Å²) in [5.74, 6) is 1.72. The van der Waals surface area contributed by atoms with E-state index >= 15 is 0 Å². The molecule has 1 unspecified atom stereocenters. The van der Waals surface area contributed by atoms with Crippen LogP contribution in [0.5, 0.6) is 5.75 Å². The zero-order valence-electron chi connectivity index (χ0n) is 12.1. The van der Waals surface area contributed by atoms with Crippen LogP contribution in [0.2, 0.25) is 5.02 Å². The highest BCUT2D eigenvalue weighted by Crippen LogP contribution is 2.27. The van der Waals surface area contributed by atoms with Crippen LogP contribution in [0.15, 0.2) is 30.6 Å². The number of hydrogen-bond acceptors (Lipinski definition) is 3. The highest BCUT2D eigenvalue weighted by Gasteiger charge is 2.08. The van der Waals surface area contributed by atoms with Crippen molar-refractivity contribution in [3.63, 3.8) is 0 Å². The Labute approximate surface area is 124 Å². The van der Waals surface area contributed by atoms with Gasteiger partial charge in [-0.3, -0.25) is 0 Å². The maximum Gasteiger partial charge on any atom is 0.137 e. The SMILES string of the molecule is CNC(C)c1ccc(OCCc2nccn2C)c(Cl)c1. The van der Waals surface area contributed by atoms with Crippen molar-refractivity contribution < 1.29 is 4.74 Å². The summed E-state index contributed by atoms with van der Waals surface area (Å²) in [5.41, 5.74) is 1.15. The number of hydrogen-bond donors (Lipinski definition) is 1. The lowest BCUT2D eigenvalue weighted by atomic mass is 10.1. The Morgan fingerprint density at radius 3 is 2.85 bits per heavy atom. The maximum absolute atomic E-state index is 6.25. The minimum absolute atomic E-state index is 0.272. The van der Waals surface area contributed by atoms with Gasteiger partial charge in [0.05, 0.1) is 11.6 Å². The lowest BCUT2D eigenvalue weighted by Crippen LogP contribution is -2.12. The van der Waals surface area contributed by atoms with Crippen molar-refractivity contribution in [3.8, 4) is 5.75 Å². The molecular formula is C15H20ClN3O. The smallest absolute Gasteiger partial charge is 0.137 e. The molecule has 0 saturated carbocycles. The highest BCUT2D eigenvalue weighted by molar-refractivity contribution is 6.32. The molecule has 5 heteroatoms. The second kappa shape index (κ2) is 6.77. The number of nitrogens with zero attached hydrogens (tertiary/aromatic N) is 2. The molecule has 2 rings (SSSR count). The summed E-state index contributed by atoms with van der Waals surface area (Å²) in [6, 6.07) is 6.17. The Morgan fingerprint density at radius 2 is 2.25 bits per heavy atom. The summed E-state index contributed by atoms with van der Waals surface area (Å²) in [6.45, 7) is 2.65. The molecule has 0 spiro atoms. The van der Waals surface area contributed by atoms with Gasteiger partial charge in [0.15, 0.2) is 0 Å². The Morgan fingerprint density at radius 1 is 1.45 bits per heavy atom. The first-order valence-electron chi connectivity index (χ1n) is 6.67. The third kappa shape index (κ3) is 3.52. The molecule has 1 aromatic heterocycles. The summed E-state index contributed by atoms with van der Waals surface area (Å²) in [6.07, 6.45) is 4.47. The Balaban J connectivity index is 1.95. The van der Waals surface area contributed by atoms with E-state index in [0.717, 1.165) is 17.8 Å². The number of ether oxygens (including phenoxy) is 1. The molecule has 108 valence electrons. The molecule has 1 N–H and O–H groups in total. The summed E-state index contributed by atoms with van der Waals surface area (Å²) in [7, 11) is 3.90. The topological polar surface area (TPSA) is 39.1 Å². The minimum atomic E-state index is 0.272. The van der Waals surface area contributed by atoms with Gasteiger partial charge in [-0.2, -0.15) is 0 Å². The molecule has 0 bridgehead atoms. The number of imidazole rings is 1. The Hall–Kier alpha value is -1.52. The van der Waals surface area contributed by atoms with Gasteiger partial charge in [0.2, 0.25) is 0 Å². The fourth-order valence-electron chi connectivity index (χ4n) is 1.96. The number of nitrogens with one attached hydrogen (secondary N) is 1. The molecule has 2 aromatic rings. The Kier molecular flexibility index (Phi) is 5.04. The van der Waals surface area contributed by atoms with Crippen LogP contribution >= 0.6 is 11.6 Å². The van der Waals surface area contributed by atoms with Crippen molar-refractivity contribution >= 4 is 11.6 Å². The van der Waals surface area contributed by atoms with Gasteiger partial charge >= 0.3 is 0 Å². The third-order valence-corrected chi connectivity index (χ3v) is 3.69. The highest BCUT2D eigenvalue weighted by atomic mass is 35.5. The van der Waals surface area contributed by atoms with Crippen LogP contribution < -0.4 is 10.1 Å². The predicted molar refractivity (Wildman–Crippen MR) is 81.3 cm³/mol. The van der Waals surface area contributed by atoms with Gasteiger partial charge in [-0.25, -0.2) is 4.98 Å². The lowest BCUT2D eigenvalue weighted by molar-refractivity contribution is 0.317. The van der Waals surface area contributed by atoms with Crippen molar-refractivity contribution in [2.75, 3.05) is 13.7 Å². The van der Waals surface area contributed by atoms with Crippen molar-refractivity contribution in [1.29, 1.82) is 0 Å². The fourth-order valence-corrected chi connectivity index (χ4v) is 2.20. The Bertz CT molecular complexity index is 568. The van der Waals surface area contributed by atoms with Gasteiger partial charge in [-0.05, 0) is 31.7 Å². The monoisotopic (exact) mass is 293 g/mol. The number of aromatic nitrogens is 2. The molecule has 0 aliphatic carbocycles. The zero-order chi connectivity index (χ0) is 14.5. The molecule has 0 saturated heterocycles. The van der Waals surface area contributed by atoms with Crippen LogP contribution in [0.4, 0.5) is 0 Å². The van der Waals surface area contributed by atoms with Crippen LogP contribution in [-0.2, 0) is 13.5 Å². The second-order valence-corrected chi connectivity index (χ2v) is 5.16. The van der Waals surface area contributed by atoms with E-state index < -0.39 is 0 Å². The van der Waals surface area contributed by atoms with E-state index in [0.29, 0.717) is 17.4 Å². The van der Waals surface area contributed by atoms with E-state index in [-0.39, 0.29) is 6.04 Å². The molecule has 1 atom stereocenters. The summed E-state index contributed by atoms with van der Waals surface area (Å²) >= 11 is 6.25. The number of aryl methyl sites for hydroxylation is 1. The van der Waals surface area contributed by atoms with Crippen molar-refractivity contribution in [1.82, 2.24) is 14.9 Å². The molecule has 0 aliphatic rings. The van der Waals surface area contributed by atoms with Gasteiger partial charge in [0, 0.05) is 31.9 Å². The van der Waals surface area contributed by atoms with Crippen LogP contribution in [-0.4, -0.2) is 23.2 Å². The molecule has 0 radical (unpaired) electrons. The van der Waals surface area contributed by atoms with Crippen molar-refractivity contribution in [2.45, 2.75) is 19.4 Å². The van der Waals surface area contributed by atoms with Gasteiger partial charge in [-0.1, -0.05) is 17.7 Å². The number of halogens is 1. The number of rotatable bonds is 6. The van der Waals surface area contributed by atoms with E-state index in [9.17, 15) is 0 Å². The molecular weight excluding hydrogens is 274 g/mol. The van der Waals surface area contributed by atoms with E-state index in [1.165, 1.54) is 0 Å². The van der Waals surface area contributed by atoms with Crippen LogP contribution in [0.25, 0.3) is 0 Å². The predicted octanol–water partition coefficient (Wildman–Crippen LogP) is 2.98. The van der Waals surface area contributed by atoms with Gasteiger partial charge < -0.3 is 14.6 Å². The third-order valence-electron chi connectivity index (χ3n) is 3.39. The average molecular weight is 294 g/mol. The summed E-state index contributed by atoms with van der Waals surface area (Å²) in [5, 5.41) is 3.83. The normalized spacial score (nSPS) is 12.4. The molecule has 4 nitrogen and oxygen atoms in total. The first-order valence-corrected chi connectivity index (χ1v) is 7.05. The first-order chi connectivity index (χ1) is 9.61. The quantitative estimate of drug-likeness (QED) is 0.890. The molecule has 0 amide bonds. The average Bonchev–Trinajstić information content (AvgIpc) is 2.85. The minimum Gasteiger partial charge on any atom is -0.492 e. The first kappa shape index (κ1) is 14.9. The lowest BCUT2D eigenvalue weighted by Gasteiger charge is -2.13. The fraction of sp³-hybridized carbons (Fsp3) is 0.400.